The predicted molar refractivity (Wildman–Crippen MR) is 70.5 cm³/mol. The summed E-state index contributed by atoms with van der Waals surface area (Å²) in [4.78, 5) is 0. The van der Waals surface area contributed by atoms with Crippen molar-refractivity contribution in [1.29, 1.82) is 0 Å². The van der Waals surface area contributed by atoms with E-state index in [9.17, 15) is 0 Å². The third kappa shape index (κ3) is 1.64. The monoisotopic (exact) mass is 221 g/mol. The van der Waals surface area contributed by atoms with Crippen LogP contribution in [0.3, 0.4) is 0 Å². The van der Waals surface area contributed by atoms with Crippen molar-refractivity contribution in [2.45, 2.75) is 71.9 Å². The molecule has 1 nitrogen and oxygen atoms in total. The van der Waals surface area contributed by atoms with E-state index in [-0.39, 0.29) is 5.54 Å². The molecule has 16 heavy (non-hydrogen) atoms. The minimum Gasteiger partial charge on any atom is -0.306 e. The van der Waals surface area contributed by atoms with Crippen LogP contribution in [-0.4, -0.2) is 11.1 Å². The molecule has 0 saturated heterocycles. The topological polar surface area (TPSA) is 12.0 Å². The van der Waals surface area contributed by atoms with Gasteiger partial charge in [0.25, 0.3) is 0 Å². The lowest BCUT2D eigenvalue weighted by Crippen LogP contribution is -2.46. The molecule has 1 heteroatoms. The van der Waals surface area contributed by atoms with Crippen LogP contribution in [0, 0.1) is 11.3 Å². The van der Waals surface area contributed by atoms with E-state index in [1.807, 2.05) is 0 Å². The third-order valence-corrected chi connectivity index (χ3v) is 4.64. The van der Waals surface area contributed by atoms with Crippen LogP contribution in [-0.2, 0) is 0 Å². The van der Waals surface area contributed by atoms with Crippen LogP contribution in [0.25, 0.3) is 0 Å². The van der Waals surface area contributed by atoms with Crippen molar-refractivity contribution >= 4 is 0 Å². The molecule has 1 spiro atoms. The number of hydrogen-bond donors (Lipinski definition) is 1. The average molecular weight is 221 g/mol. The van der Waals surface area contributed by atoms with Gasteiger partial charge in [-0.25, -0.2) is 0 Å². The van der Waals surface area contributed by atoms with Crippen LogP contribution in [0.1, 0.15) is 60.8 Å². The molecule has 0 aliphatic heterocycles. The number of hydrogen-bond acceptors (Lipinski definition) is 1. The summed E-state index contributed by atoms with van der Waals surface area (Å²) in [6.07, 6.45) is 6.48. The third-order valence-electron chi connectivity index (χ3n) is 4.64. The van der Waals surface area contributed by atoms with Gasteiger partial charge < -0.3 is 5.32 Å². The van der Waals surface area contributed by atoms with Gasteiger partial charge in [0, 0.05) is 16.5 Å². The summed E-state index contributed by atoms with van der Waals surface area (Å²) >= 11 is 0. The molecule has 3 unspecified atom stereocenters. The molecule has 2 aliphatic rings. The Balaban J connectivity index is 2.20. The first-order chi connectivity index (χ1) is 7.24. The Bertz CT molecular complexity index is 323. The van der Waals surface area contributed by atoms with Crippen LogP contribution in [0.15, 0.2) is 11.6 Å². The van der Waals surface area contributed by atoms with Crippen molar-refractivity contribution in [2.75, 3.05) is 0 Å². The Morgan fingerprint density at radius 3 is 2.50 bits per heavy atom. The van der Waals surface area contributed by atoms with E-state index in [0.29, 0.717) is 11.0 Å². The second kappa shape index (κ2) is 3.35. The van der Waals surface area contributed by atoms with Gasteiger partial charge in [-0.15, -0.1) is 0 Å². The Labute approximate surface area is 101 Å². The molecular formula is C15H27N. The maximum absolute atomic E-state index is 3.85. The lowest BCUT2D eigenvalue weighted by molar-refractivity contribution is 0.316. The van der Waals surface area contributed by atoms with E-state index in [4.69, 9.17) is 0 Å². The van der Waals surface area contributed by atoms with Gasteiger partial charge >= 0.3 is 0 Å². The van der Waals surface area contributed by atoms with Crippen molar-refractivity contribution in [1.82, 2.24) is 5.32 Å². The smallest absolute Gasteiger partial charge is 0.0261 e. The van der Waals surface area contributed by atoms with E-state index in [1.165, 1.54) is 19.3 Å². The summed E-state index contributed by atoms with van der Waals surface area (Å²) < 4.78 is 0. The predicted octanol–water partition coefficient (Wildman–Crippen LogP) is 3.90. The molecule has 0 heterocycles. The van der Waals surface area contributed by atoms with Gasteiger partial charge in [-0.3, -0.25) is 0 Å². The molecule has 2 rings (SSSR count). The molecule has 0 radical (unpaired) electrons. The maximum atomic E-state index is 3.85. The first-order valence-electron chi connectivity index (χ1n) is 6.70. The average Bonchev–Trinajstić information content (AvgIpc) is 2.49. The Morgan fingerprint density at radius 2 is 2.00 bits per heavy atom. The highest BCUT2D eigenvalue weighted by atomic mass is 15.1. The second-order valence-electron chi connectivity index (χ2n) is 7.15. The van der Waals surface area contributed by atoms with Gasteiger partial charge in [0.2, 0.25) is 0 Å². The first kappa shape index (κ1) is 12.2. The molecule has 2 aliphatic carbocycles. The SMILES string of the molecule is C/C=C1/C(C)CCC12CC2(C)NC(C)(C)C. The molecule has 3 atom stereocenters. The number of allylic oxidation sites excluding steroid dienone is 1. The summed E-state index contributed by atoms with van der Waals surface area (Å²) in [7, 11) is 0. The number of rotatable bonds is 1. The van der Waals surface area contributed by atoms with Crippen LogP contribution in [0.5, 0.6) is 0 Å². The van der Waals surface area contributed by atoms with Crippen LogP contribution in [0.4, 0.5) is 0 Å². The molecule has 0 aromatic rings. The Hall–Kier alpha value is -0.300. The highest BCUT2D eigenvalue weighted by Gasteiger charge is 2.68. The van der Waals surface area contributed by atoms with Gasteiger partial charge in [0.15, 0.2) is 0 Å². The zero-order valence-electron chi connectivity index (χ0n) is 11.8. The second-order valence-corrected chi connectivity index (χ2v) is 7.15. The van der Waals surface area contributed by atoms with Crippen molar-refractivity contribution in [2.24, 2.45) is 11.3 Å². The molecule has 1 N–H and O–H groups in total. The van der Waals surface area contributed by atoms with E-state index in [2.05, 4.69) is 52.9 Å². The normalized spacial score (nSPS) is 45.6. The summed E-state index contributed by atoms with van der Waals surface area (Å²) in [6.45, 7) is 13.8. The van der Waals surface area contributed by atoms with Crippen LogP contribution >= 0.6 is 0 Å². The quantitative estimate of drug-likeness (QED) is 0.662. The molecule has 0 bridgehead atoms. The lowest BCUT2D eigenvalue weighted by Gasteiger charge is -2.30. The highest BCUT2D eigenvalue weighted by molar-refractivity contribution is 5.39. The largest absolute Gasteiger partial charge is 0.306 e. The van der Waals surface area contributed by atoms with E-state index in [0.717, 1.165) is 5.92 Å². The summed E-state index contributed by atoms with van der Waals surface area (Å²) in [6, 6.07) is 0. The first-order valence-corrected chi connectivity index (χ1v) is 6.70. The van der Waals surface area contributed by atoms with Crippen LogP contribution < -0.4 is 5.32 Å². The van der Waals surface area contributed by atoms with Gasteiger partial charge in [-0.1, -0.05) is 18.6 Å². The van der Waals surface area contributed by atoms with Crippen molar-refractivity contribution in [3.05, 3.63) is 11.6 Å². The zero-order chi connectivity index (χ0) is 12.2. The standard InChI is InChI=1S/C15H27N/c1-7-12-11(2)8-9-15(12)10-14(15,6)16-13(3,4)5/h7,11,16H,8-10H2,1-6H3/b12-7-. The van der Waals surface area contributed by atoms with Gasteiger partial charge in [-0.2, -0.15) is 0 Å². The lowest BCUT2D eigenvalue weighted by atomic mass is 9.89. The van der Waals surface area contributed by atoms with Crippen molar-refractivity contribution in [3.63, 3.8) is 0 Å². The van der Waals surface area contributed by atoms with Crippen LogP contribution in [0.2, 0.25) is 0 Å². The Morgan fingerprint density at radius 1 is 1.38 bits per heavy atom. The maximum Gasteiger partial charge on any atom is 0.0261 e. The van der Waals surface area contributed by atoms with Gasteiger partial charge in [0.1, 0.15) is 0 Å². The van der Waals surface area contributed by atoms with Gasteiger partial charge in [-0.05, 0) is 59.8 Å². The zero-order valence-corrected chi connectivity index (χ0v) is 11.8. The fourth-order valence-electron chi connectivity index (χ4n) is 4.13. The molecular weight excluding hydrogens is 194 g/mol. The molecule has 0 aromatic heterocycles. The minimum atomic E-state index is 0.225. The fourth-order valence-corrected chi connectivity index (χ4v) is 4.13. The molecule has 92 valence electrons. The number of nitrogens with one attached hydrogen (secondary N) is 1. The molecule has 2 saturated carbocycles. The molecule has 2 fully saturated rings. The van der Waals surface area contributed by atoms with E-state index >= 15 is 0 Å². The summed E-state index contributed by atoms with van der Waals surface area (Å²) in [5, 5.41) is 3.85. The summed E-state index contributed by atoms with van der Waals surface area (Å²) in [5.74, 6) is 0.800. The van der Waals surface area contributed by atoms with Crippen molar-refractivity contribution in [3.8, 4) is 0 Å². The minimum absolute atomic E-state index is 0.225. The fraction of sp³-hybridized carbons (Fsp3) is 0.867. The van der Waals surface area contributed by atoms with Gasteiger partial charge in [0.05, 0.1) is 0 Å². The Kier molecular flexibility index (Phi) is 2.55. The van der Waals surface area contributed by atoms with E-state index in [1.54, 1.807) is 5.57 Å². The highest BCUT2D eigenvalue weighted by Crippen LogP contribution is 2.69. The summed E-state index contributed by atoms with van der Waals surface area (Å²) in [5.41, 5.74) is 2.78. The molecule has 0 aromatic carbocycles. The molecule has 0 amide bonds. The van der Waals surface area contributed by atoms with E-state index < -0.39 is 0 Å². The van der Waals surface area contributed by atoms with Crippen molar-refractivity contribution < 1.29 is 0 Å².